The number of aryl methyl sites for hydroxylation is 1. The number of rotatable bonds is 54. The maximum atomic E-state index is 12.7. The van der Waals surface area contributed by atoms with Crippen molar-refractivity contribution in [1.82, 2.24) is 9.88 Å². The molecule has 1 rings (SSSR count). The molecule has 0 fully saturated rings. The van der Waals surface area contributed by atoms with Gasteiger partial charge in [0, 0.05) is 51.2 Å². The van der Waals surface area contributed by atoms with E-state index in [1.165, 1.54) is 25.7 Å². The topological polar surface area (TPSA) is 106 Å². The Hall–Kier alpha value is -3.15. The molecule has 0 aliphatic heterocycles. The molecule has 10 heteroatoms. The van der Waals surface area contributed by atoms with Gasteiger partial charge in [0.2, 0.25) is 0 Å². The van der Waals surface area contributed by atoms with E-state index in [1.807, 2.05) is 12.3 Å². The highest BCUT2D eigenvalue weighted by Crippen LogP contribution is 2.14. The number of pyridine rings is 1. The molecule has 1 aromatic heterocycles. The molecule has 414 valence electrons. The van der Waals surface area contributed by atoms with Crippen LogP contribution in [0.2, 0.25) is 0 Å². The lowest BCUT2D eigenvalue weighted by atomic mass is 10.1. The molecule has 0 aliphatic rings. The minimum atomic E-state index is -0.360. The minimum Gasteiger partial charge on any atom is -0.466 e. The monoisotopic (exact) mass is 1010 g/mol. The van der Waals surface area contributed by atoms with Gasteiger partial charge in [0.15, 0.2) is 12.6 Å². The third-order valence-corrected chi connectivity index (χ3v) is 12.5. The lowest BCUT2D eigenvalue weighted by Gasteiger charge is -2.22. The van der Waals surface area contributed by atoms with Gasteiger partial charge in [-0.2, -0.15) is 0 Å². The molecule has 72 heavy (non-hydrogen) atoms. The zero-order valence-electron chi connectivity index (χ0n) is 46.7. The van der Waals surface area contributed by atoms with Gasteiger partial charge in [-0.05, 0) is 173 Å². The van der Waals surface area contributed by atoms with E-state index >= 15 is 0 Å². The molecule has 0 saturated carbocycles. The zero-order chi connectivity index (χ0) is 51.9. The summed E-state index contributed by atoms with van der Waals surface area (Å²) in [6.07, 6.45) is 50.6. The summed E-state index contributed by atoms with van der Waals surface area (Å²) >= 11 is 0. The summed E-state index contributed by atoms with van der Waals surface area (Å²) in [6, 6.07) is 6.17. The van der Waals surface area contributed by atoms with E-state index in [9.17, 15) is 9.59 Å². The van der Waals surface area contributed by atoms with Gasteiger partial charge in [0.25, 0.3) is 0 Å². The third-order valence-electron chi connectivity index (χ3n) is 12.5. The highest BCUT2D eigenvalue weighted by atomic mass is 16.7. The first-order chi connectivity index (χ1) is 35.5. The van der Waals surface area contributed by atoms with Crippen LogP contribution in [0.5, 0.6) is 0 Å². The normalized spacial score (nSPS) is 12.2. The smallest absolute Gasteiger partial charge is 0.305 e. The first-order valence-corrected chi connectivity index (χ1v) is 29.5. The Morgan fingerprint density at radius 3 is 1.18 bits per heavy atom. The number of hydrogen-bond acceptors (Lipinski definition) is 10. The molecule has 0 amide bonds. The Morgan fingerprint density at radius 1 is 0.444 bits per heavy atom. The Bertz CT molecular complexity index is 1300. The van der Waals surface area contributed by atoms with Gasteiger partial charge in [-0.25, -0.2) is 0 Å². The van der Waals surface area contributed by atoms with Crippen molar-refractivity contribution in [2.24, 2.45) is 0 Å². The highest BCUT2D eigenvalue weighted by molar-refractivity contribution is 5.69. The molecule has 1 aromatic rings. The minimum absolute atomic E-state index is 0.160. The number of hydrogen-bond donors (Lipinski definition) is 0. The predicted molar refractivity (Wildman–Crippen MR) is 300 cm³/mol. The van der Waals surface area contributed by atoms with E-state index in [-0.39, 0.29) is 24.5 Å². The van der Waals surface area contributed by atoms with Crippen molar-refractivity contribution in [2.75, 3.05) is 59.3 Å². The Kier molecular flexibility index (Phi) is 50.3. The zero-order valence-corrected chi connectivity index (χ0v) is 46.7. The van der Waals surface area contributed by atoms with Gasteiger partial charge in [0.05, 0.1) is 26.1 Å². The molecule has 1 heterocycles. The second-order valence-corrected chi connectivity index (χ2v) is 19.2. The molecule has 0 aliphatic carbocycles. The number of unbranched alkanes of at least 4 members (excludes halogenated alkanes) is 16. The molecular formula is C62H108N2O8. The van der Waals surface area contributed by atoms with E-state index in [2.05, 4.69) is 98.3 Å². The van der Waals surface area contributed by atoms with Crippen LogP contribution in [0, 0.1) is 0 Å². The van der Waals surface area contributed by atoms with Crippen LogP contribution in [0.3, 0.4) is 0 Å². The number of carbonyl (C=O) groups excluding carboxylic acids is 2. The number of esters is 2. The van der Waals surface area contributed by atoms with Gasteiger partial charge in [-0.15, -0.1) is 0 Å². The average Bonchev–Trinajstić information content (AvgIpc) is 3.39. The van der Waals surface area contributed by atoms with Crippen molar-refractivity contribution in [1.29, 1.82) is 0 Å². The van der Waals surface area contributed by atoms with Crippen LogP contribution < -0.4 is 0 Å². The number of nitrogens with zero attached hydrogens (tertiary/aromatic N) is 2. The molecular weight excluding hydrogens is 901 g/mol. The molecule has 0 spiro atoms. The predicted octanol–water partition coefficient (Wildman–Crippen LogP) is 16.1. The highest BCUT2D eigenvalue weighted by Gasteiger charge is 2.15. The fourth-order valence-electron chi connectivity index (χ4n) is 8.17. The Morgan fingerprint density at radius 2 is 0.806 bits per heavy atom. The molecule has 0 unspecified atom stereocenters. The van der Waals surface area contributed by atoms with E-state index in [0.29, 0.717) is 65.3 Å². The van der Waals surface area contributed by atoms with Crippen LogP contribution >= 0.6 is 0 Å². The molecule has 0 bridgehead atoms. The molecule has 0 N–H and O–H groups in total. The van der Waals surface area contributed by atoms with Crippen molar-refractivity contribution in [2.45, 2.75) is 246 Å². The molecule has 0 radical (unpaired) electrons. The van der Waals surface area contributed by atoms with Gasteiger partial charge < -0.3 is 33.3 Å². The van der Waals surface area contributed by atoms with Gasteiger partial charge >= 0.3 is 11.9 Å². The summed E-state index contributed by atoms with van der Waals surface area (Å²) in [4.78, 5) is 32.5. The number of ether oxygens (including phenoxy) is 6. The Balaban J connectivity index is 2.35. The maximum Gasteiger partial charge on any atom is 0.305 e. The largest absolute Gasteiger partial charge is 0.466 e. The molecule has 10 nitrogen and oxygen atoms in total. The van der Waals surface area contributed by atoms with E-state index in [4.69, 9.17) is 28.4 Å². The fourth-order valence-corrected chi connectivity index (χ4v) is 8.17. The first kappa shape index (κ1) is 66.9. The van der Waals surface area contributed by atoms with Crippen LogP contribution in [-0.2, 0) is 44.4 Å². The van der Waals surface area contributed by atoms with Gasteiger partial charge in [-0.1, -0.05) is 121 Å². The van der Waals surface area contributed by atoms with Crippen LogP contribution in [0.15, 0.2) is 73.0 Å². The van der Waals surface area contributed by atoms with E-state index in [0.717, 1.165) is 179 Å². The van der Waals surface area contributed by atoms with E-state index < -0.39 is 0 Å². The SMILES string of the molecule is CC/C=C\CCCCOC(CCC(=O)OCCCCCCCN(CCCCCCCOC(=O)CCC(OCCCC/C=C\CC)OCCCC/C=C\CC)CCCc1ccccn1)OCCCC/C=C\CC. The van der Waals surface area contributed by atoms with Crippen LogP contribution in [0.1, 0.15) is 232 Å². The summed E-state index contributed by atoms with van der Waals surface area (Å²) in [7, 11) is 0. The van der Waals surface area contributed by atoms with Crippen molar-refractivity contribution in [3.63, 3.8) is 0 Å². The molecule has 0 atom stereocenters. The maximum absolute atomic E-state index is 12.7. The second-order valence-electron chi connectivity index (χ2n) is 19.2. The second kappa shape index (κ2) is 54.1. The van der Waals surface area contributed by atoms with Crippen molar-refractivity contribution in [3.8, 4) is 0 Å². The summed E-state index contributed by atoms with van der Waals surface area (Å²) in [5, 5.41) is 0. The molecule has 0 saturated heterocycles. The summed E-state index contributed by atoms with van der Waals surface area (Å²) in [6.45, 7) is 15.5. The Labute approximate surface area is 441 Å². The van der Waals surface area contributed by atoms with Crippen molar-refractivity contribution in [3.05, 3.63) is 78.7 Å². The number of aromatic nitrogens is 1. The van der Waals surface area contributed by atoms with Gasteiger partial charge in [-0.3, -0.25) is 14.6 Å². The van der Waals surface area contributed by atoms with Crippen LogP contribution in [0.4, 0.5) is 0 Å². The molecule has 0 aromatic carbocycles. The third kappa shape index (κ3) is 46.6. The quantitative estimate of drug-likeness (QED) is 0.0271. The van der Waals surface area contributed by atoms with Crippen molar-refractivity contribution < 1.29 is 38.0 Å². The number of carbonyl (C=O) groups is 2. The lowest BCUT2D eigenvalue weighted by molar-refractivity contribution is -0.159. The van der Waals surface area contributed by atoms with Crippen LogP contribution in [-0.4, -0.2) is 93.7 Å². The van der Waals surface area contributed by atoms with Crippen molar-refractivity contribution >= 4 is 11.9 Å². The summed E-state index contributed by atoms with van der Waals surface area (Å²) in [5.41, 5.74) is 1.16. The summed E-state index contributed by atoms with van der Waals surface area (Å²) < 4.78 is 35.6. The first-order valence-electron chi connectivity index (χ1n) is 29.5. The average molecular weight is 1010 g/mol. The van der Waals surface area contributed by atoms with Crippen LogP contribution in [0.25, 0.3) is 0 Å². The van der Waals surface area contributed by atoms with Gasteiger partial charge in [0.1, 0.15) is 0 Å². The fraction of sp³-hybridized carbons (Fsp3) is 0.758. The number of allylic oxidation sites excluding steroid dienone is 8. The van der Waals surface area contributed by atoms with E-state index in [1.54, 1.807) is 0 Å². The lowest BCUT2D eigenvalue weighted by Crippen LogP contribution is -2.27. The standard InChI is InChI=1S/C62H108N2O8/c1-5-9-13-17-25-37-54-69-61(70-55-38-26-18-14-10-6-2)46-44-59(65)67-52-35-29-21-23-33-49-64(51-41-43-58-42-31-32-48-63-58)50-34-24-22-30-36-53-68-60(66)45-47-62(71-56-39-27-19-15-11-7-3)72-57-40-28-20-16-12-8-4/h9-16,31-32,42,48,61-62H,5-8,17-30,33-41,43-47,49-57H2,1-4H3/b13-9-,14-10-,15-11-,16-12-. The summed E-state index contributed by atoms with van der Waals surface area (Å²) in [5.74, 6) is -0.320.